The average molecular weight is 448 g/mol. The number of fused-ring (bicyclic) bond motifs is 1. The van der Waals surface area contributed by atoms with Crippen molar-refractivity contribution in [3.8, 4) is 27.7 Å². The summed E-state index contributed by atoms with van der Waals surface area (Å²) in [5, 5.41) is 1.50. The third kappa shape index (κ3) is 3.80. The Morgan fingerprint density at radius 3 is 2.77 bits per heavy atom. The number of carbonyl (C=O) groups is 1. The molecular formula is C24H18ClN3O2S. The van der Waals surface area contributed by atoms with Crippen LogP contribution in [0.3, 0.4) is 0 Å². The van der Waals surface area contributed by atoms with Gasteiger partial charge < -0.3 is 9.64 Å². The zero-order chi connectivity index (χ0) is 21.4. The summed E-state index contributed by atoms with van der Waals surface area (Å²) in [4.78, 5) is 24.8. The molecule has 5 nitrogen and oxygen atoms in total. The standard InChI is InChI=1S/C24H18ClN3O2S/c1-15-23(27-24(31-15)19-8-4-5-11-26-19)16-9-10-21-20(12-16)28(22(29)14-30-21)13-17-6-2-3-7-18(17)25/h2-12H,13-14H2,1H3. The third-order valence-electron chi connectivity index (χ3n) is 5.14. The van der Waals surface area contributed by atoms with Gasteiger partial charge >= 0.3 is 0 Å². The molecule has 0 spiro atoms. The topological polar surface area (TPSA) is 55.3 Å². The number of benzene rings is 2. The fourth-order valence-corrected chi connectivity index (χ4v) is 4.69. The van der Waals surface area contributed by atoms with Crippen molar-refractivity contribution in [3.63, 3.8) is 0 Å². The van der Waals surface area contributed by atoms with Gasteiger partial charge in [-0.15, -0.1) is 11.3 Å². The van der Waals surface area contributed by atoms with Gasteiger partial charge in [0.1, 0.15) is 10.8 Å². The minimum absolute atomic E-state index is 0.0103. The highest BCUT2D eigenvalue weighted by Gasteiger charge is 2.27. The van der Waals surface area contributed by atoms with Crippen LogP contribution in [0.25, 0.3) is 22.0 Å². The predicted molar refractivity (Wildman–Crippen MR) is 124 cm³/mol. The number of hydrogen-bond acceptors (Lipinski definition) is 5. The Morgan fingerprint density at radius 1 is 1.13 bits per heavy atom. The van der Waals surface area contributed by atoms with Crippen LogP contribution in [0.4, 0.5) is 5.69 Å². The summed E-state index contributed by atoms with van der Waals surface area (Å²) in [5.41, 5.74) is 4.26. The molecule has 1 amide bonds. The molecule has 31 heavy (non-hydrogen) atoms. The number of hydrogen-bond donors (Lipinski definition) is 0. The number of ether oxygens (including phenoxy) is 1. The molecule has 0 atom stereocenters. The Morgan fingerprint density at radius 2 is 1.97 bits per heavy atom. The molecule has 5 rings (SSSR count). The quantitative estimate of drug-likeness (QED) is 0.399. The van der Waals surface area contributed by atoms with Crippen LogP contribution in [0.2, 0.25) is 5.02 Å². The summed E-state index contributed by atoms with van der Waals surface area (Å²) in [5.74, 6) is 0.571. The molecule has 154 valence electrons. The highest BCUT2D eigenvalue weighted by atomic mass is 35.5. The lowest BCUT2D eigenvalue weighted by Crippen LogP contribution is -2.38. The SMILES string of the molecule is Cc1sc(-c2ccccn2)nc1-c1ccc2c(c1)N(Cc1ccccc1Cl)C(=O)CO2. The van der Waals surface area contributed by atoms with E-state index in [1.807, 2.05) is 67.6 Å². The Hall–Kier alpha value is -3.22. The van der Waals surface area contributed by atoms with Crippen molar-refractivity contribution in [2.24, 2.45) is 0 Å². The smallest absolute Gasteiger partial charge is 0.265 e. The van der Waals surface area contributed by atoms with E-state index in [9.17, 15) is 4.79 Å². The van der Waals surface area contributed by atoms with Gasteiger partial charge in [-0.05, 0) is 48.9 Å². The molecule has 0 saturated carbocycles. The van der Waals surface area contributed by atoms with Crippen LogP contribution < -0.4 is 9.64 Å². The second-order valence-electron chi connectivity index (χ2n) is 7.18. The summed E-state index contributed by atoms with van der Waals surface area (Å²) >= 11 is 7.95. The number of halogens is 1. The first-order chi connectivity index (χ1) is 15.1. The van der Waals surface area contributed by atoms with Crippen LogP contribution in [0.15, 0.2) is 66.9 Å². The van der Waals surface area contributed by atoms with Crippen LogP contribution in [-0.4, -0.2) is 22.5 Å². The fourth-order valence-electron chi connectivity index (χ4n) is 3.58. The first kappa shape index (κ1) is 19.7. The maximum Gasteiger partial charge on any atom is 0.265 e. The van der Waals surface area contributed by atoms with E-state index < -0.39 is 0 Å². The minimum atomic E-state index is -0.103. The zero-order valence-electron chi connectivity index (χ0n) is 16.7. The highest BCUT2D eigenvalue weighted by molar-refractivity contribution is 7.15. The lowest BCUT2D eigenvalue weighted by molar-refractivity contribution is -0.121. The average Bonchev–Trinajstić information content (AvgIpc) is 3.19. The number of aromatic nitrogens is 2. The molecule has 0 saturated heterocycles. The Bertz CT molecular complexity index is 1270. The molecule has 0 bridgehead atoms. The van der Waals surface area contributed by atoms with Gasteiger partial charge in [0.15, 0.2) is 6.61 Å². The number of nitrogens with zero attached hydrogens (tertiary/aromatic N) is 3. The van der Waals surface area contributed by atoms with Gasteiger partial charge in [0, 0.05) is 21.7 Å². The van der Waals surface area contributed by atoms with Gasteiger partial charge in [-0.3, -0.25) is 9.78 Å². The van der Waals surface area contributed by atoms with Gasteiger partial charge in [-0.1, -0.05) is 35.9 Å². The molecule has 0 radical (unpaired) electrons. The first-order valence-corrected chi connectivity index (χ1v) is 11.0. The van der Waals surface area contributed by atoms with Crippen molar-refractivity contribution in [3.05, 3.63) is 82.3 Å². The summed E-state index contributed by atoms with van der Waals surface area (Å²) in [6.07, 6.45) is 1.76. The number of aryl methyl sites for hydroxylation is 1. The van der Waals surface area contributed by atoms with Gasteiger partial charge in [0.25, 0.3) is 5.91 Å². The molecule has 1 aliphatic rings. The highest BCUT2D eigenvalue weighted by Crippen LogP contribution is 2.39. The van der Waals surface area contributed by atoms with E-state index in [0.717, 1.165) is 38.1 Å². The van der Waals surface area contributed by atoms with Gasteiger partial charge in [-0.2, -0.15) is 0 Å². The number of rotatable bonds is 4. The third-order valence-corrected chi connectivity index (χ3v) is 6.50. The van der Waals surface area contributed by atoms with Crippen molar-refractivity contribution >= 4 is 34.5 Å². The Labute approximate surface area is 188 Å². The predicted octanol–water partition coefficient (Wildman–Crippen LogP) is 5.76. The van der Waals surface area contributed by atoms with Crippen LogP contribution in [0, 0.1) is 6.92 Å². The van der Waals surface area contributed by atoms with Crippen molar-refractivity contribution in [2.45, 2.75) is 13.5 Å². The second-order valence-corrected chi connectivity index (χ2v) is 8.79. The van der Waals surface area contributed by atoms with Crippen LogP contribution in [0.1, 0.15) is 10.4 Å². The van der Waals surface area contributed by atoms with Crippen molar-refractivity contribution in [2.75, 3.05) is 11.5 Å². The largest absolute Gasteiger partial charge is 0.482 e. The Kier molecular flexibility index (Phi) is 5.18. The van der Waals surface area contributed by atoms with Gasteiger partial charge in [0.2, 0.25) is 0 Å². The monoisotopic (exact) mass is 447 g/mol. The van der Waals surface area contributed by atoms with Gasteiger partial charge in [-0.25, -0.2) is 4.98 Å². The summed E-state index contributed by atoms with van der Waals surface area (Å²) in [6.45, 7) is 2.44. The van der Waals surface area contributed by atoms with Crippen LogP contribution in [-0.2, 0) is 11.3 Å². The van der Waals surface area contributed by atoms with Crippen LogP contribution in [0.5, 0.6) is 5.75 Å². The second kappa shape index (κ2) is 8.13. The molecule has 0 fully saturated rings. The Balaban J connectivity index is 1.54. The molecule has 2 aromatic carbocycles. The fraction of sp³-hybridized carbons (Fsp3) is 0.125. The van der Waals surface area contributed by atoms with E-state index in [-0.39, 0.29) is 12.5 Å². The summed E-state index contributed by atoms with van der Waals surface area (Å²) in [7, 11) is 0. The number of amides is 1. The normalized spacial score (nSPS) is 13.1. The molecule has 2 aromatic heterocycles. The summed E-state index contributed by atoms with van der Waals surface area (Å²) < 4.78 is 5.68. The van der Waals surface area contributed by atoms with E-state index in [4.69, 9.17) is 21.3 Å². The number of thiazole rings is 1. The molecule has 3 heterocycles. The first-order valence-electron chi connectivity index (χ1n) is 9.80. The maximum atomic E-state index is 12.7. The van der Waals surface area contributed by atoms with E-state index in [1.54, 1.807) is 22.4 Å². The number of anilines is 1. The van der Waals surface area contributed by atoms with E-state index in [1.165, 1.54) is 0 Å². The molecule has 7 heteroatoms. The number of pyridine rings is 1. The van der Waals surface area contributed by atoms with Gasteiger partial charge in [0.05, 0.1) is 23.6 Å². The van der Waals surface area contributed by atoms with Crippen LogP contribution >= 0.6 is 22.9 Å². The maximum absolute atomic E-state index is 12.7. The number of carbonyl (C=O) groups excluding carboxylic acids is 1. The van der Waals surface area contributed by atoms with Crippen molar-refractivity contribution < 1.29 is 9.53 Å². The van der Waals surface area contributed by atoms with E-state index >= 15 is 0 Å². The molecule has 0 N–H and O–H groups in total. The molecule has 4 aromatic rings. The lowest BCUT2D eigenvalue weighted by atomic mass is 10.1. The minimum Gasteiger partial charge on any atom is -0.482 e. The van der Waals surface area contributed by atoms with E-state index in [0.29, 0.717) is 17.3 Å². The van der Waals surface area contributed by atoms with E-state index in [2.05, 4.69) is 4.98 Å². The molecule has 1 aliphatic heterocycles. The van der Waals surface area contributed by atoms with Crippen molar-refractivity contribution in [1.29, 1.82) is 0 Å². The van der Waals surface area contributed by atoms with Crippen molar-refractivity contribution in [1.82, 2.24) is 9.97 Å². The summed E-state index contributed by atoms with van der Waals surface area (Å²) in [6, 6.07) is 19.2. The lowest BCUT2D eigenvalue weighted by Gasteiger charge is -2.30. The molecular weight excluding hydrogens is 430 g/mol. The zero-order valence-corrected chi connectivity index (χ0v) is 18.3. The molecule has 0 unspecified atom stereocenters. The molecule has 0 aliphatic carbocycles.